The topological polar surface area (TPSA) is 27.3 Å². The monoisotopic (exact) mass is 319 g/mol. The Bertz CT molecular complexity index is 495. The summed E-state index contributed by atoms with van der Waals surface area (Å²) in [6.45, 7) is 10.9. The Kier molecular flexibility index (Phi) is 6.21. The van der Waals surface area contributed by atoms with Crippen molar-refractivity contribution in [3.63, 3.8) is 0 Å². The molecule has 1 aliphatic rings. The van der Waals surface area contributed by atoms with Gasteiger partial charge in [0.05, 0.1) is 0 Å². The lowest BCUT2D eigenvalue weighted by atomic mass is 10.0. The van der Waals surface area contributed by atoms with E-state index in [0.717, 1.165) is 12.2 Å². The summed E-state index contributed by atoms with van der Waals surface area (Å²) in [7, 11) is 0. The second-order valence-corrected chi connectivity index (χ2v) is 6.94. The van der Waals surface area contributed by atoms with E-state index in [4.69, 9.17) is 12.2 Å². The van der Waals surface area contributed by atoms with Crippen LogP contribution in [0.5, 0.6) is 0 Å². The highest BCUT2D eigenvalue weighted by Crippen LogP contribution is 2.20. The molecule has 1 saturated heterocycles. The standard InChI is InChI=1S/C18H29N3S/c1-13-8-7-9-14(2)17(13)20-18(22)19-12-16(4)21-11-6-5-10-15(21)3/h7-9,15-16H,5-6,10-12H2,1-4H3,(H2,19,20,22)/t15-,16+/m0/s1. The van der Waals surface area contributed by atoms with Gasteiger partial charge in [0, 0.05) is 24.3 Å². The van der Waals surface area contributed by atoms with Crippen LogP contribution in [0.15, 0.2) is 18.2 Å². The second kappa shape index (κ2) is 7.93. The number of hydrogen-bond donors (Lipinski definition) is 2. The van der Waals surface area contributed by atoms with Crippen molar-refractivity contribution in [2.75, 3.05) is 18.4 Å². The van der Waals surface area contributed by atoms with Gasteiger partial charge in [-0.15, -0.1) is 0 Å². The van der Waals surface area contributed by atoms with Crippen LogP contribution in [0.25, 0.3) is 0 Å². The molecule has 0 radical (unpaired) electrons. The van der Waals surface area contributed by atoms with Crippen LogP contribution in [0, 0.1) is 13.8 Å². The zero-order valence-electron chi connectivity index (χ0n) is 14.3. The third-order valence-electron chi connectivity index (χ3n) is 4.70. The average Bonchev–Trinajstić information content (AvgIpc) is 2.49. The Hall–Kier alpha value is -1.13. The zero-order chi connectivity index (χ0) is 16.1. The lowest BCUT2D eigenvalue weighted by Gasteiger charge is -2.38. The number of thiocarbonyl (C=S) groups is 1. The third-order valence-corrected chi connectivity index (χ3v) is 4.94. The van der Waals surface area contributed by atoms with Gasteiger partial charge in [0.1, 0.15) is 0 Å². The number of aryl methyl sites for hydroxylation is 2. The smallest absolute Gasteiger partial charge is 0.170 e. The van der Waals surface area contributed by atoms with Crippen LogP contribution in [0.4, 0.5) is 5.69 Å². The highest BCUT2D eigenvalue weighted by molar-refractivity contribution is 7.80. The minimum absolute atomic E-state index is 0.507. The van der Waals surface area contributed by atoms with E-state index in [1.165, 1.54) is 36.9 Å². The predicted octanol–water partition coefficient (Wildman–Crippen LogP) is 3.85. The molecule has 0 aliphatic carbocycles. The molecule has 0 amide bonds. The number of piperidine rings is 1. The summed E-state index contributed by atoms with van der Waals surface area (Å²) in [5, 5.41) is 7.45. The first-order valence-corrected chi connectivity index (χ1v) is 8.76. The van der Waals surface area contributed by atoms with Crippen LogP contribution < -0.4 is 10.6 Å². The van der Waals surface area contributed by atoms with Gasteiger partial charge in [-0.05, 0) is 70.4 Å². The van der Waals surface area contributed by atoms with Crippen molar-refractivity contribution >= 4 is 23.0 Å². The first kappa shape index (κ1) is 17.2. The predicted molar refractivity (Wildman–Crippen MR) is 99.6 cm³/mol. The van der Waals surface area contributed by atoms with Crippen molar-refractivity contribution in [3.8, 4) is 0 Å². The normalized spacial score (nSPS) is 20.5. The molecule has 3 nitrogen and oxygen atoms in total. The molecule has 2 N–H and O–H groups in total. The van der Waals surface area contributed by atoms with Crippen LogP contribution in [-0.4, -0.2) is 35.2 Å². The Morgan fingerprint density at radius 2 is 2.00 bits per heavy atom. The van der Waals surface area contributed by atoms with E-state index >= 15 is 0 Å². The number of hydrogen-bond acceptors (Lipinski definition) is 2. The van der Waals surface area contributed by atoms with E-state index < -0.39 is 0 Å². The molecule has 0 aromatic heterocycles. The van der Waals surface area contributed by atoms with Gasteiger partial charge in [-0.25, -0.2) is 0 Å². The fourth-order valence-corrected chi connectivity index (χ4v) is 3.49. The van der Waals surface area contributed by atoms with Gasteiger partial charge < -0.3 is 10.6 Å². The summed E-state index contributed by atoms with van der Waals surface area (Å²) >= 11 is 5.46. The maximum Gasteiger partial charge on any atom is 0.170 e. The van der Waals surface area contributed by atoms with E-state index in [-0.39, 0.29) is 0 Å². The molecule has 0 saturated carbocycles. The van der Waals surface area contributed by atoms with Crippen LogP contribution in [0.1, 0.15) is 44.2 Å². The molecule has 122 valence electrons. The Morgan fingerprint density at radius 1 is 1.32 bits per heavy atom. The number of para-hydroxylation sites is 1. The van der Waals surface area contributed by atoms with Crippen molar-refractivity contribution < 1.29 is 0 Å². The van der Waals surface area contributed by atoms with Gasteiger partial charge in [-0.1, -0.05) is 24.6 Å². The molecule has 1 aromatic rings. The van der Waals surface area contributed by atoms with Gasteiger partial charge >= 0.3 is 0 Å². The summed E-state index contributed by atoms with van der Waals surface area (Å²) in [5.41, 5.74) is 3.57. The minimum Gasteiger partial charge on any atom is -0.361 e. The van der Waals surface area contributed by atoms with E-state index in [0.29, 0.717) is 17.2 Å². The van der Waals surface area contributed by atoms with Crippen LogP contribution in [0.2, 0.25) is 0 Å². The van der Waals surface area contributed by atoms with Crippen molar-refractivity contribution in [1.29, 1.82) is 0 Å². The maximum atomic E-state index is 5.46. The summed E-state index contributed by atoms with van der Waals surface area (Å²) in [5.74, 6) is 0. The highest BCUT2D eigenvalue weighted by atomic mass is 32.1. The van der Waals surface area contributed by atoms with Crippen LogP contribution >= 0.6 is 12.2 Å². The Morgan fingerprint density at radius 3 is 2.64 bits per heavy atom. The molecule has 2 rings (SSSR count). The average molecular weight is 320 g/mol. The van der Waals surface area contributed by atoms with Crippen molar-refractivity contribution in [3.05, 3.63) is 29.3 Å². The summed E-state index contributed by atoms with van der Waals surface area (Å²) in [6.07, 6.45) is 4.00. The minimum atomic E-state index is 0.507. The zero-order valence-corrected chi connectivity index (χ0v) is 15.1. The number of benzene rings is 1. The SMILES string of the molecule is Cc1cccc(C)c1NC(=S)NC[C@@H](C)N1CCCC[C@@H]1C. The summed E-state index contributed by atoms with van der Waals surface area (Å²) in [6, 6.07) is 7.48. The van der Waals surface area contributed by atoms with Gasteiger partial charge in [0.2, 0.25) is 0 Å². The van der Waals surface area contributed by atoms with Crippen molar-refractivity contribution in [1.82, 2.24) is 10.2 Å². The van der Waals surface area contributed by atoms with Crippen molar-refractivity contribution in [2.45, 2.75) is 59.0 Å². The molecule has 0 unspecified atom stereocenters. The Labute approximate surface area is 140 Å². The molecule has 1 aliphatic heterocycles. The van der Waals surface area contributed by atoms with Gasteiger partial charge in [-0.3, -0.25) is 4.90 Å². The highest BCUT2D eigenvalue weighted by Gasteiger charge is 2.22. The van der Waals surface area contributed by atoms with Gasteiger partial charge in [0.15, 0.2) is 5.11 Å². The van der Waals surface area contributed by atoms with E-state index in [2.05, 4.69) is 61.4 Å². The first-order chi connectivity index (χ1) is 10.5. The molecule has 2 atom stereocenters. The fraction of sp³-hybridized carbons (Fsp3) is 0.611. The summed E-state index contributed by atoms with van der Waals surface area (Å²) < 4.78 is 0. The molecule has 1 heterocycles. The molecule has 0 bridgehead atoms. The summed E-state index contributed by atoms with van der Waals surface area (Å²) in [4.78, 5) is 2.60. The van der Waals surface area contributed by atoms with Crippen LogP contribution in [-0.2, 0) is 0 Å². The van der Waals surface area contributed by atoms with Crippen molar-refractivity contribution in [2.24, 2.45) is 0 Å². The van der Waals surface area contributed by atoms with Gasteiger partial charge in [0.25, 0.3) is 0 Å². The molecule has 1 aromatic carbocycles. The number of rotatable bonds is 4. The number of nitrogens with one attached hydrogen (secondary N) is 2. The number of nitrogens with zero attached hydrogens (tertiary/aromatic N) is 1. The van der Waals surface area contributed by atoms with E-state index in [1.807, 2.05) is 0 Å². The lowest BCUT2D eigenvalue weighted by molar-refractivity contribution is 0.116. The quantitative estimate of drug-likeness (QED) is 0.824. The number of anilines is 1. The van der Waals surface area contributed by atoms with E-state index in [1.54, 1.807) is 0 Å². The van der Waals surface area contributed by atoms with Crippen LogP contribution in [0.3, 0.4) is 0 Å². The fourth-order valence-electron chi connectivity index (χ4n) is 3.30. The molecule has 22 heavy (non-hydrogen) atoms. The molecular formula is C18H29N3S. The third kappa shape index (κ3) is 4.43. The van der Waals surface area contributed by atoms with Gasteiger partial charge in [-0.2, -0.15) is 0 Å². The maximum absolute atomic E-state index is 5.46. The Balaban J connectivity index is 1.85. The second-order valence-electron chi connectivity index (χ2n) is 6.53. The first-order valence-electron chi connectivity index (χ1n) is 8.36. The number of likely N-dealkylation sites (tertiary alicyclic amines) is 1. The molecular weight excluding hydrogens is 290 g/mol. The molecule has 4 heteroatoms. The van der Waals surface area contributed by atoms with E-state index in [9.17, 15) is 0 Å². The lowest BCUT2D eigenvalue weighted by Crippen LogP contribution is -2.49. The molecule has 1 fully saturated rings. The molecule has 0 spiro atoms. The largest absolute Gasteiger partial charge is 0.361 e.